The maximum absolute atomic E-state index is 14.8. The first-order chi connectivity index (χ1) is 20.3. The molecule has 43 heavy (non-hydrogen) atoms. The van der Waals surface area contributed by atoms with E-state index in [4.69, 9.17) is 8.92 Å². The minimum atomic E-state index is -4.01. The number of imidazole rings is 1. The summed E-state index contributed by atoms with van der Waals surface area (Å²) in [5.41, 5.74) is -1.84. The molecule has 2 heterocycles. The molecule has 1 aliphatic heterocycles. The number of cyclic esters (lactones) is 1. The minimum Gasteiger partial charge on any atom is -0.433 e. The number of aromatic nitrogens is 2. The zero-order chi connectivity index (χ0) is 31.4. The fraction of sp³-hybridized carbons (Fsp3) is 0.345. The van der Waals surface area contributed by atoms with E-state index in [1.807, 2.05) is 6.92 Å². The first kappa shape index (κ1) is 31.3. The van der Waals surface area contributed by atoms with E-state index < -0.39 is 57.0 Å². The Balaban J connectivity index is 1.62. The van der Waals surface area contributed by atoms with Gasteiger partial charge in [0.05, 0.1) is 11.4 Å². The number of para-hydroxylation sites is 1. The fourth-order valence-electron chi connectivity index (χ4n) is 4.34. The molecular weight excluding hydrogens is 583 g/mol. The van der Waals surface area contributed by atoms with Crippen LogP contribution in [0.2, 0.25) is 0 Å². The van der Waals surface area contributed by atoms with Crippen molar-refractivity contribution in [2.24, 2.45) is 0 Å². The number of carbonyl (C=O) groups is 4. The maximum Gasteiger partial charge on any atom is 0.418 e. The van der Waals surface area contributed by atoms with Crippen molar-refractivity contribution in [1.29, 1.82) is 0 Å². The minimum absolute atomic E-state index is 0.257. The van der Waals surface area contributed by atoms with Gasteiger partial charge >= 0.3 is 16.2 Å². The molecule has 0 bridgehead atoms. The van der Waals surface area contributed by atoms with E-state index in [-0.39, 0.29) is 17.2 Å². The number of anilines is 1. The average molecular weight is 615 g/mol. The van der Waals surface area contributed by atoms with Crippen LogP contribution in [0.15, 0.2) is 61.1 Å². The number of rotatable bonds is 13. The first-order valence-electron chi connectivity index (χ1n) is 13.6. The third-order valence-electron chi connectivity index (χ3n) is 6.58. The molecule has 12 nitrogen and oxygen atoms in total. The number of ether oxygens (including phenoxy) is 1. The number of unbranched alkanes of at least 4 members (excludes halogenated alkanes) is 3. The van der Waals surface area contributed by atoms with Crippen LogP contribution < -0.4 is 9.50 Å². The van der Waals surface area contributed by atoms with Crippen LogP contribution in [0.1, 0.15) is 56.9 Å². The molecule has 1 atom stereocenters. The van der Waals surface area contributed by atoms with Crippen LogP contribution in [0.5, 0.6) is 5.75 Å². The van der Waals surface area contributed by atoms with Crippen molar-refractivity contribution in [3.05, 3.63) is 72.6 Å². The first-order valence-corrected chi connectivity index (χ1v) is 15.1. The Morgan fingerprint density at radius 2 is 1.81 bits per heavy atom. The number of nitrogens with zero attached hydrogens (tertiary/aromatic N) is 3. The SMILES string of the molecule is CCCCCCS(=O)(=O)Oc1ccc(F)c(NC(=O)C(C(=O)c2cn(-c3ccccc3)cn2)N2C(=O)OC(C)(C)C2=O)c1. The predicted molar refractivity (Wildman–Crippen MR) is 153 cm³/mol. The number of hydrogen-bond donors (Lipinski definition) is 1. The van der Waals surface area contributed by atoms with Gasteiger partial charge in [-0.05, 0) is 44.5 Å². The van der Waals surface area contributed by atoms with Crippen molar-refractivity contribution in [2.45, 2.75) is 58.1 Å². The summed E-state index contributed by atoms with van der Waals surface area (Å²) in [6.07, 6.45) is 4.22. The maximum atomic E-state index is 14.8. The van der Waals surface area contributed by atoms with Gasteiger partial charge in [0, 0.05) is 18.0 Å². The Morgan fingerprint density at radius 1 is 1.09 bits per heavy atom. The molecule has 1 fully saturated rings. The predicted octanol–water partition coefficient (Wildman–Crippen LogP) is 4.25. The smallest absolute Gasteiger partial charge is 0.418 e. The third-order valence-corrected chi connectivity index (χ3v) is 7.82. The highest BCUT2D eigenvalue weighted by Gasteiger charge is 2.54. The van der Waals surface area contributed by atoms with Crippen molar-refractivity contribution in [3.63, 3.8) is 0 Å². The molecule has 4 rings (SSSR count). The normalized spacial score (nSPS) is 15.2. The molecule has 0 spiro atoms. The highest BCUT2D eigenvalue weighted by Crippen LogP contribution is 2.29. The van der Waals surface area contributed by atoms with Gasteiger partial charge in [0.15, 0.2) is 11.6 Å². The molecule has 1 saturated heterocycles. The van der Waals surface area contributed by atoms with E-state index in [0.717, 1.165) is 31.0 Å². The van der Waals surface area contributed by atoms with Gasteiger partial charge in [-0.1, -0.05) is 44.4 Å². The Morgan fingerprint density at radius 3 is 2.47 bits per heavy atom. The summed E-state index contributed by atoms with van der Waals surface area (Å²) in [6.45, 7) is 4.57. The van der Waals surface area contributed by atoms with E-state index in [0.29, 0.717) is 23.4 Å². The van der Waals surface area contributed by atoms with E-state index in [9.17, 15) is 32.0 Å². The lowest BCUT2D eigenvalue weighted by molar-refractivity contribution is -0.137. The van der Waals surface area contributed by atoms with Gasteiger partial charge in [-0.2, -0.15) is 8.42 Å². The molecule has 228 valence electrons. The molecule has 0 aliphatic carbocycles. The van der Waals surface area contributed by atoms with Crippen molar-refractivity contribution in [3.8, 4) is 11.4 Å². The highest BCUT2D eigenvalue weighted by molar-refractivity contribution is 7.87. The standard InChI is InChI=1S/C29H31FN4O8S/c1-4-5-6-10-15-43(39,40)42-20-13-14-21(30)22(16-20)32-26(36)24(34-27(37)29(2,3)41-28(34)38)25(35)23-17-33(18-31-23)19-11-8-7-9-12-19/h7-9,11-14,16-18,24H,4-6,10,15H2,1-3H3,(H,32,36). The lowest BCUT2D eigenvalue weighted by atomic mass is 10.0. The van der Waals surface area contributed by atoms with Crippen molar-refractivity contribution < 1.29 is 40.9 Å². The van der Waals surface area contributed by atoms with Crippen LogP contribution in [-0.4, -0.2) is 64.0 Å². The molecule has 1 aromatic heterocycles. The molecule has 1 N–H and O–H groups in total. The van der Waals surface area contributed by atoms with Gasteiger partial charge in [0.2, 0.25) is 5.78 Å². The van der Waals surface area contributed by atoms with Crippen molar-refractivity contribution in [2.75, 3.05) is 11.1 Å². The molecule has 0 saturated carbocycles. The highest BCUT2D eigenvalue weighted by atomic mass is 32.2. The number of ketones is 1. The van der Waals surface area contributed by atoms with Crippen LogP contribution >= 0.6 is 0 Å². The molecule has 0 radical (unpaired) electrons. The zero-order valence-electron chi connectivity index (χ0n) is 23.8. The Labute approximate surface area is 247 Å². The summed E-state index contributed by atoms with van der Waals surface area (Å²) in [6, 6.07) is 9.53. The van der Waals surface area contributed by atoms with Gasteiger partial charge in [-0.15, -0.1) is 0 Å². The fourth-order valence-corrected chi connectivity index (χ4v) is 5.38. The number of nitrogens with one attached hydrogen (secondary N) is 1. The summed E-state index contributed by atoms with van der Waals surface area (Å²) in [5.74, 6) is -4.81. The van der Waals surface area contributed by atoms with Gasteiger partial charge in [-0.25, -0.2) is 19.1 Å². The number of imide groups is 1. The van der Waals surface area contributed by atoms with E-state index >= 15 is 0 Å². The van der Waals surface area contributed by atoms with Crippen LogP contribution in [0.25, 0.3) is 5.69 Å². The molecule has 3 aromatic rings. The third kappa shape index (κ3) is 7.25. The average Bonchev–Trinajstić information content (AvgIpc) is 3.52. The van der Waals surface area contributed by atoms with E-state index in [1.165, 1.54) is 30.9 Å². The van der Waals surface area contributed by atoms with E-state index in [2.05, 4.69) is 10.3 Å². The molecule has 2 aromatic carbocycles. The molecule has 1 unspecified atom stereocenters. The van der Waals surface area contributed by atoms with Gasteiger partial charge in [-0.3, -0.25) is 14.4 Å². The van der Waals surface area contributed by atoms with Crippen LogP contribution in [0.3, 0.4) is 0 Å². The second-order valence-corrected chi connectivity index (χ2v) is 12.0. The summed E-state index contributed by atoms with van der Waals surface area (Å²) < 4.78 is 51.2. The number of Topliss-reactive ketones (excluding diaryl/α,β-unsaturated/α-hetero) is 1. The lowest BCUT2D eigenvalue weighted by Crippen LogP contribution is -2.53. The van der Waals surface area contributed by atoms with Crippen molar-refractivity contribution >= 4 is 39.5 Å². The van der Waals surface area contributed by atoms with Gasteiger partial charge < -0.3 is 18.8 Å². The topological polar surface area (TPSA) is 154 Å². The van der Waals surface area contributed by atoms with Crippen LogP contribution in [0, 0.1) is 5.82 Å². The van der Waals surface area contributed by atoms with Crippen LogP contribution in [0.4, 0.5) is 14.9 Å². The van der Waals surface area contributed by atoms with E-state index in [1.54, 1.807) is 30.3 Å². The summed E-state index contributed by atoms with van der Waals surface area (Å²) in [7, 11) is -4.01. The second-order valence-electron chi connectivity index (χ2n) is 10.4. The number of carbonyl (C=O) groups excluding carboxylic acids is 4. The molecular formula is C29H31FN4O8S. The zero-order valence-corrected chi connectivity index (χ0v) is 24.6. The summed E-state index contributed by atoms with van der Waals surface area (Å²) in [5, 5.41) is 2.19. The second kappa shape index (κ2) is 12.7. The number of hydrogen-bond acceptors (Lipinski definition) is 9. The van der Waals surface area contributed by atoms with Crippen molar-refractivity contribution in [1.82, 2.24) is 14.5 Å². The Hall–Kier alpha value is -4.59. The molecule has 1 aliphatic rings. The monoisotopic (exact) mass is 614 g/mol. The summed E-state index contributed by atoms with van der Waals surface area (Å²) >= 11 is 0. The van der Waals surface area contributed by atoms with Gasteiger partial charge in [0.1, 0.15) is 23.6 Å². The Kier molecular flexibility index (Phi) is 9.28. The Bertz CT molecular complexity index is 1640. The van der Waals surface area contributed by atoms with Gasteiger partial charge in [0.25, 0.3) is 11.8 Å². The lowest BCUT2D eigenvalue weighted by Gasteiger charge is -2.22. The van der Waals surface area contributed by atoms with Crippen LogP contribution in [-0.2, 0) is 24.4 Å². The largest absolute Gasteiger partial charge is 0.433 e. The molecule has 14 heteroatoms. The number of halogens is 1. The molecule has 3 amide bonds. The number of amides is 3. The number of benzene rings is 2. The quantitative estimate of drug-likeness (QED) is 0.129. The summed E-state index contributed by atoms with van der Waals surface area (Å²) in [4.78, 5) is 57.4.